The van der Waals surface area contributed by atoms with Crippen LogP contribution in [0.2, 0.25) is 0 Å². The van der Waals surface area contributed by atoms with Crippen LogP contribution < -0.4 is 15.6 Å². The summed E-state index contributed by atoms with van der Waals surface area (Å²) in [5, 5.41) is 3.29. The van der Waals surface area contributed by atoms with Crippen LogP contribution in [0.1, 0.15) is 19.4 Å². The third-order valence-corrected chi connectivity index (χ3v) is 2.88. The van der Waals surface area contributed by atoms with Crippen molar-refractivity contribution < 1.29 is 4.74 Å². The van der Waals surface area contributed by atoms with Gasteiger partial charge in [-0.15, -0.1) is 0 Å². The van der Waals surface area contributed by atoms with Crippen LogP contribution in [-0.2, 0) is 13.6 Å². The molecule has 0 amide bonds. The molecule has 1 N–H and O–H groups in total. The van der Waals surface area contributed by atoms with E-state index in [4.69, 9.17) is 4.74 Å². The molecular weight excluding hydrogens is 252 g/mol. The van der Waals surface area contributed by atoms with Crippen molar-refractivity contribution >= 4 is 5.69 Å². The molecule has 106 valence electrons. The number of aryl methyl sites for hydroxylation is 1. The smallest absolute Gasteiger partial charge is 0.250 e. The summed E-state index contributed by atoms with van der Waals surface area (Å²) in [5.74, 6) is 0.880. The van der Waals surface area contributed by atoms with Crippen molar-refractivity contribution in [3.05, 3.63) is 58.5 Å². The minimum absolute atomic E-state index is 0.00858. The molecule has 0 saturated heterocycles. The van der Waals surface area contributed by atoms with Gasteiger partial charge < -0.3 is 14.6 Å². The number of hydrogen-bond acceptors (Lipinski definition) is 3. The molecule has 0 radical (unpaired) electrons. The number of benzene rings is 1. The fraction of sp³-hybridized carbons (Fsp3) is 0.312. The Labute approximate surface area is 119 Å². The van der Waals surface area contributed by atoms with E-state index in [1.54, 1.807) is 29.9 Å². The summed E-state index contributed by atoms with van der Waals surface area (Å²) in [5.41, 5.74) is 2.08. The van der Waals surface area contributed by atoms with Crippen molar-refractivity contribution in [3.63, 3.8) is 0 Å². The van der Waals surface area contributed by atoms with Gasteiger partial charge in [0.2, 0.25) is 5.56 Å². The highest BCUT2D eigenvalue weighted by Crippen LogP contribution is 2.14. The minimum Gasteiger partial charge on any atom is -0.491 e. The van der Waals surface area contributed by atoms with E-state index in [2.05, 4.69) is 5.32 Å². The third-order valence-electron chi connectivity index (χ3n) is 2.88. The summed E-state index contributed by atoms with van der Waals surface area (Å²) in [6.07, 6.45) is 1.98. The number of aromatic nitrogens is 1. The second-order valence-electron chi connectivity index (χ2n) is 5.03. The van der Waals surface area contributed by atoms with Gasteiger partial charge in [-0.2, -0.15) is 0 Å². The Morgan fingerprint density at radius 1 is 1.15 bits per heavy atom. The lowest BCUT2D eigenvalue weighted by atomic mass is 10.2. The van der Waals surface area contributed by atoms with Crippen LogP contribution in [0.5, 0.6) is 5.75 Å². The molecule has 20 heavy (non-hydrogen) atoms. The average Bonchev–Trinajstić information content (AvgIpc) is 2.41. The maximum absolute atomic E-state index is 11.3. The van der Waals surface area contributed by atoms with Crippen LogP contribution in [0, 0.1) is 0 Å². The molecule has 1 heterocycles. The van der Waals surface area contributed by atoms with Gasteiger partial charge in [0.05, 0.1) is 11.8 Å². The van der Waals surface area contributed by atoms with Crippen LogP contribution in [-0.4, -0.2) is 10.7 Å². The highest BCUT2D eigenvalue weighted by atomic mass is 16.5. The Bertz CT molecular complexity index is 615. The SMILES string of the molecule is CC(C)Oc1ccc(CNc2ccc(=O)n(C)c2)cc1. The van der Waals surface area contributed by atoms with Crippen molar-refractivity contribution in [2.24, 2.45) is 7.05 Å². The number of rotatable bonds is 5. The number of nitrogens with one attached hydrogen (secondary N) is 1. The summed E-state index contributed by atoms with van der Waals surface area (Å²) in [7, 11) is 1.74. The first-order valence-electron chi connectivity index (χ1n) is 6.71. The van der Waals surface area contributed by atoms with E-state index in [1.807, 2.05) is 38.1 Å². The van der Waals surface area contributed by atoms with Crippen molar-refractivity contribution in [2.45, 2.75) is 26.5 Å². The highest BCUT2D eigenvalue weighted by Gasteiger charge is 1.99. The lowest BCUT2D eigenvalue weighted by molar-refractivity contribution is 0.242. The zero-order valence-electron chi connectivity index (χ0n) is 12.1. The van der Waals surface area contributed by atoms with Gasteiger partial charge in [-0.05, 0) is 37.6 Å². The maximum atomic E-state index is 11.3. The number of anilines is 1. The third kappa shape index (κ3) is 3.88. The average molecular weight is 272 g/mol. The number of pyridine rings is 1. The molecule has 1 aromatic heterocycles. The van der Waals surface area contributed by atoms with E-state index in [0.717, 1.165) is 17.0 Å². The lowest BCUT2D eigenvalue weighted by Gasteiger charge is -2.11. The minimum atomic E-state index is -0.00858. The molecule has 0 atom stereocenters. The largest absolute Gasteiger partial charge is 0.491 e. The molecular formula is C16H20N2O2. The molecule has 0 saturated carbocycles. The first kappa shape index (κ1) is 14.2. The molecule has 0 aliphatic carbocycles. The van der Waals surface area contributed by atoms with Crippen molar-refractivity contribution in [1.82, 2.24) is 4.57 Å². The van der Waals surface area contributed by atoms with E-state index >= 15 is 0 Å². The van der Waals surface area contributed by atoms with Crippen LogP contribution in [0.3, 0.4) is 0 Å². The second kappa shape index (κ2) is 6.28. The molecule has 2 aromatic rings. The predicted molar refractivity (Wildman–Crippen MR) is 81.2 cm³/mol. The standard InChI is InChI=1S/C16H20N2O2/c1-12(2)20-15-7-4-13(5-8-15)10-17-14-6-9-16(19)18(3)11-14/h4-9,11-12,17H,10H2,1-3H3. The van der Waals surface area contributed by atoms with E-state index in [9.17, 15) is 4.79 Å². The predicted octanol–water partition coefficient (Wildman–Crippen LogP) is 2.78. The Balaban J connectivity index is 1.96. The molecule has 4 heteroatoms. The van der Waals surface area contributed by atoms with E-state index in [0.29, 0.717) is 6.54 Å². The Morgan fingerprint density at radius 2 is 1.85 bits per heavy atom. The first-order valence-corrected chi connectivity index (χ1v) is 6.71. The van der Waals surface area contributed by atoms with Gasteiger partial charge in [-0.3, -0.25) is 4.79 Å². The zero-order chi connectivity index (χ0) is 14.5. The van der Waals surface area contributed by atoms with Gasteiger partial charge in [-0.25, -0.2) is 0 Å². The summed E-state index contributed by atoms with van der Waals surface area (Å²) in [6.45, 7) is 4.73. The molecule has 2 rings (SSSR count). The van der Waals surface area contributed by atoms with Crippen LogP contribution >= 0.6 is 0 Å². The summed E-state index contributed by atoms with van der Waals surface area (Å²) in [4.78, 5) is 11.3. The zero-order valence-corrected chi connectivity index (χ0v) is 12.1. The molecule has 0 unspecified atom stereocenters. The fourth-order valence-corrected chi connectivity index (χ4v) is 1.86. The molecule has 0 fully saturated rings. The van der Waals surface area contributed by atoms with Gasteiger partial charge in [0.15, 0.2) is 0 Å². The summed E-state index contributed by atoms with van der Waals surface area (Å²) in [6, 6.07) is 11.4. The van der Waals surface area contributed by atoms with Crippen LogP contribution in [0.15, 0.2) is 47.4 Å². The first-order chi connectivity index (χ1) is 9.54. The van der Waals surface area contributed by atoms with Crippen molar-refractivity contribution in [3.8, 4) is 5.75 Å². The van der Waals surface area contributed by atoms with Gasteiger partial charge in [0, 0.05) is 25.9 Å². The number of ether oxygens (including phenoxy) is 1. The Kier molecular flexibility index (Phi) is 4.45. The van der Waals surface area contributed by atoms with Crippen molar-refractivity contribution in [2.75, 3.05) is 5.32 Å². The van der Waals surface area contributed by atoms with Gasteiger partial charge in [0.1, 0.15) is 5.75 Å². The Hall–Kier alpha value is -2.23. The number of nitrogens with zero attached hydrogens (tertiary/aromatic N) is 1. The lowest BCUT2D eigenvalue weighted by Crippen LogP contribution is -2.15. The van der Waals surface area contributed by atoms with E-state index in [-0.39, 0.29) is 11.7 Å². The van der Waals surface area contributed by atoms with Gasteiger partial charge in [-0.1, -0.05) is 12.1 Å². The summed E-state index contributed by atoms with van der Waals surface area (Å²) >= 11 is 0. The fourth-order valence-electron chi connectivity index (χ4n) is 1.86. The molecule has 0 spiro atoms. The quantitative estimate of drug-likeness (QED) is 0.910. The van der Waals surface area contributed by atoms with Crippen LogP contribution in [0.4, 0.5) is 5.69 Å². The normalized spacial score (nSPS) is 10.6. The second-order valence-corrected chi connectivity index (χ2v) is 5.03. The van der Waals surface area contributed by atoms with Crippen LogP contribution in [0.25, 0.3) is 0 Å². The highest BCUT2D eigenvalue weighted by molar-refractivity contribution is 5.41. The molecule has 1 aromatic carbocycles. The Morgan fingerprint density at radius 3 is 2.45 bits per heavy atom. The molecule has 0 aliphatic heterocycles. The molecule has 0 bridgehead atoms. The molecule has 4 nitrogen and oxygen atoms in total. The van der Waals surface area contributed by atoms with E-state index < -0.39 is 0 Å². The summed E-state index contributed by atoms with van der Waals surface area (Å²) < 4.78 is 7.16. The van der Waals surface area contributed by atoms with Crippen molar-refractivity contribution in [1.29, 1.82) is 0 Å². The van der Waals surface area contributed by atoms with Gasteiger partial charge in [0.25, 0.3) is 0 Å². The van der Waals surface area contributed by atoms with Gasteiger partial charge >= 0.3 is 0 Å². The number of hydrogen-bond donors (Lipinski definition) is 1. The molecule has 0 aliphatic rings. The monoisotopic (exact) mass is 272 g/mol. The van der Waals surface area contributed by atoms with E-state index in [1.165, 1.54) is 0 Å². The maximum Gasteiger partial charge on any atom is 0.250 e. The topological polar surface area (TPSA) is 43.3 Å².